The van der Waals surface area contributed by atoms with Crippen LogP contribution in [0.2, 0.25) is 0 Å². The predicted molar refractivity (Wildman–Crippen MR) is 118 cm³/mol. The van der Waals surface area contributed by atoms with Gasteiger partial charge in [0.25, 0.3) is 17.4 Å². The molecule has 2 N–H and O–H groups in total. The number of carbonyl (C=O) groups is 2. The molecular formula is C24H18FN3O3. The van der Waals surface area contributed by atoms with Gasteiger partial charge in [-0.15, -0.1) is 0 Å². The molecule has 0 spiro atoms. The topological polar surface area (TPSA) is 80.2 Å². The maximum Gasteiger partial charge on any atom is 0.256 e. The Kier molecular flexibility index (Phi) is 5.32. The van der Waals surface area contributed by atoms with Crippen molar-refractivity contribution < 1.29 is 14.0 Å². The van der Waals surface area contributed by atoms with Crippen molar-refractivity contribution in [3.8, 4) is 0 Å². The van der Waals surface area contributed by atoms with E-state index in [2.05, 4.69) is 10.6 Å². The summed E-state index contributed by atoms with van der Waals surface area (Å²) in [5.74, 6) is -1.36. The average molecular weight is 415 g/mol. The van der Waals surface area contributed by atoms with Gasteiger partial charge in [0.2, 0.25) is 0 Å². The van der Waals surface area contributed by atoms with Crippen LogP contribution in [0.5, 0.6) is 0 Å². The summed E-state index contributed by atoms with van der Waals surface area (Å²) >= 11 is 0. The van der Waals surface area contributed by atoms with Gasteiger partial charge in [-0.3, -0.25) is 14.4 Å². The van der Waals surface area contributed by atoms with Crippen LogP contribution in [0.3, 0.4) is 0 Å². The Hall–Kier alpha value is -4.26. The highest BCUT2D eigenvalue weighted by atomic mass is 19.1. The molecular weight excluding hydrogens is 397 g/mol. The number of nitrogens with zero attached hydrogens (tertiary/aromatic N) is 1. The molecule has 0 aliphatic heterocycles. The van der Waals surface area contributed by atoms with Gasteiger partial charge in [-0.05, 0) is 42.5 Å². The van der Waals surface area contributed by atoms with E-state index in [-0.39, 0.29) is 16.7 Å². The van der Waals surface area contributed by atoms with E-state index < -0.39 is 17.6 Å². The quantitative estimate of drug-likeness (QED) is 0.525. The Bertz CT molecular complexity index is 1380. The third-order valence-corrected chi connectivity index (χ3v) is 4.86. The van der Waals surface area contributed by atoms with Gasteiger partial charge in [0.05, 0.1) is 11.1 Å². The van der Waals surface area contributed by atoms with Crippen LogP contribution in [0, 0.1) is 5.82 Å². The fourth-order valence-corrected chi connectivity index (χ4v) is 3.30. The third-order valence-electron chi connectivity index (χ3n) is 4.86. The second kappa shape index (κ2) is 8.23. The minimum atomic E-state index is -0.461. The van der Waals surface area contributed by atoms with Gasteiger partial charge in [-0.25, -0.2) is 4.39 Å². The van der Waals surface area contributed by atoms with Crippen molar-refractivity contribution in [1.29, 1.82) is 0 Å². The molecule has 4 aromatic rings. The van der Waals surface area contributed by atoms with Crippen LogP contribution >= 0.6 is 0 Å². The maximum absolute atomic E-state index is 13.3. The summed E-state index contributed by atoms with van der Waals surface area (Å²) in [6.45, 7) is 0. The molecule has 7 heteroatoms. The first-order valence-corrected chi connectivity index (χ1v) is 9.49. The summed E-state index contributed by atoms with van der Waals surface area (Å²) in [4.78, 5) is 37.7. The number of aryl methyl sites for hydroxylation is 1. The number of benzene rings is 3. The van der Waals surface area contributed by atoms with E-state index in [1.54, 1.807) is 55.6 Å². The van der Waals surface area contributed by atoms with Crippen LogP contribution in [0.25, 0.3) is 10.9 Å². The van der Waals surface area contributed by atoms with Gasteiger partial charge in [0.15, 0.2) is 0 Å². The van der Waals surface area contributed by atoms with Gasteiger partial charge >= 0.3 is 0 Å². The van der Waals surface area contributed by atoms with Gasteiger partial charge in [-0.1, -0.05) is 30.3 Å². The summed E-state index contributed by atoms with van der Waals surface area (Å²) in [6, 6.07) is 20.3. The fraction of sp³-hybridized carbons (Fsp3) is 0.0417. The summed E-state index contributed by atoms with van der Waals surface area (Å²) in [7, 11) is 1.65. The van der Waals surface area contributed by atoms with Crippen molar-refractivity contribution >= 4 is 34.1 Å². The SMILES string of the molecule is Cn1c(=O)cc(C(=O)Nc2cccc(C(=O)Nc3cccc(F)c3)c2)c2ccccc21. The highest BCUT2D eigenvalue weighted by molar-refractivity contribution is 6.13. The number of para-hydroxylation sites is 1. The molecule has 31 heavy (non-hydrogen) atoms. The van der Waals surface area contributed by atoms with E-state index in [0.717, 1.165) is 0 Å². The van der Waals surface area contributed by atoms with E-state index in [0.29, 0.717) is 22.3 Å². The molecule has 0 atom stereocenters. The first-order chi connectivity index (χ1) is 14.9. The Morgan fingerprint density at radius 3 is 2.26 bits per heavy atom. The van der Waals surface area contributed by atoms with Crippen LogP contribution in [0.1, 0.15) is 20.7 Å². The Labute approximate surface area is 177 Å². The van der Waals surface area contributed by atoms with Crippen LogP contribution in [-0.4, -0.2) is 16.4 Å². The predicted octanol–water partition coefficient (Wildman–Crippen LogP) is 4.18. The van der Waals surface area contributed by atoms with Gasteiger partial charge in [0, 0.05) is 35.4 Å². The molecule has 2 amide bonds. The zero-order valence-corrected chi connectivity index (χ0v) is 16.6. The van der Waals surface area contributed by atoms with Crippen LogP contribution in [0.15, 0.2) is 83.7 Å². The molecule has 0 saturated carbocycles. The number of anilines is 2. The highest BCUT2D eigenvalue weighted by Gasteiger charge is 2.15. The number of hydrogen-bond acceptors (Lipinski definition) is 3. The third kappa shape index (κ3) is 4.20. The lowest BCUT2D eigenvalue weighted by Gasteiger charge is -2.11. The van der Waals surface area contributed by atoms with Crippen molar-refractivity contribution in [1.82, 2.24) is 4.57 Å². The minimum Gasteiger partial charge on any atom is -0.322 e. The first kappa shape index (κ1) is 20.0. The van der Waals surface area contributed by atoms with E-state index in [1.165, 1.54) is 34.9 Å². The van der Waals surface area contributed by atoms with Crippen molar-refractivity contribution in [3.05, 3.63) is 106 Å². The molecule has 0 aliphatic carbocycles. The number of nitrogens with one attached hydrogen (secondary N) is 2. The summed E-state index contributed by atoms with van der Waals surface area (Å²) < 4.78 is 14.8. The Morgan fingerprint density at radius 1 is 0.806 bits per heavy atom. The molecule has 3 aromatic carbocycles. The molecule has 154 valence electrons. The lowest BCUT2D eigenvalue weighted by Crippen LogP contribution is -2.21. The molecule has 6 nitrogen and oxygen atoms in total. The van der Waals surface area contributed by atoms with Crippen molar-refractivity contribution in [3.63, 3.8) is 0 Å². The smallest absolute Gasteiger partial charge is 0.256 e. The van der Waals surface area contributed by atoms with Gasteiger partial charge in [0.1, 0.15) is 5.82 Å². The molecule has 0 unspecified atom stereocenters. The van der Waals surface area contributed by atoms with Crippen molar-refractivity contribution in [2.45, 2.75) is 0 Å². The monoisotopic (exact) mass is 415 g/mol. The van der Waals surface area contributed by atoms with E-state index in [1.807, 2.05) is 0 Å². The molecule has 0 aliphatic rings. The Morgan fingerprint density at radius 2 is 1.48 bits per heavy atom. The molecule has 0 radical (unpaired) electrons. The van der Waals surface area contributed by atoms with Crippen LogP contribution in [0.4, 0.5) is 15.8 Å². The summed E-state index contributed by atoms with van der Waals surface area (Å²) in [5, 5.41) is 5.99. The maximum atomic E-state index is 13.3. The Balaban J connectivity index is 1.59. The van der Waals surface area contributed by atoms with E-state index in [9.17, 15) is 18.8 Å². The van der Waals surface area contributed by atoms with Crippen LogP contribution in [-0.2, 0) is 7.05 Å². The zero-order valence-electron chi connectivity index (χ0n) is 16.6. The molecule has 0 fully saturated rings. The lowest BCUT2D eigenvalue weighted by atomic mass is 10.1. The number of hydrogen-bond donors (Lipinski definition) is 2. The van der Waals surface area contributed by atoms with Crippen molar-refractivity contribution in [2.75, 3.05) is 10.6 Å². The fourth-order valence-electron chi connectivity index (χ4n) is 3.30. The van der Waals surface area contributed by atoms with Crippen molar-refractivity contribution in [2.24, 2.45) is 7.05 Å². The average Bonchev–Trinajstić information content (AvgIpc) is 2.76. The van der Waals surface area contributed by atoms with Gasteiger partial charge < -0.3 is 15.2 Å². The second-order valence-corrected chi connectivity index (χ2v) is 6.97. The lowest BCUT2D eigenvalue weighted by molar-refractivity contribution is 0.101. The molecule has 1 aromatic heterocycles. The number of pyridine rings is 1. The number of fused-ring (bicyclic) bond motifs is 1. The highest BCUT2D eigenvalue weighted by Crippen LogP contribution is 2.19. The number of halogens is 1. The van der Waals surface area contributed by atoms with Crippen LogP contribution < -0.4 is 16.2 Å². The van der Waals surface area contributed by atoms with E-state index >= 15 is 0 Å². The molecule has 1 heterocycles. The molecule has 4 rings (SSSR count). The van der Waals surface area contributed by atoms with E-state index in [4.69, 9.17) is 0 Å². The number of aromatic nitrogens is 1. The number of amides is 2. The zero-order chi connectivity index (χ0) is 22.0. The largest absolute Gasteiger partial charge is 0.322 e. The molecule has 0 bridgehead atoms. The second-order valence-electron chi connectivity index (χ2n) is 6.97. The number of carbonyl (C=O) groups excluding carboxylic acids is 2. The summed E-state index contributed by atoms with van der Waals surface area (Å²) in [5.41, 5.74) is 1.59. The standard InChI is InChI=1S/C24H18FN3O3/c1-28-21-11-3-2-10-19(21)20(14-22(28)29)24(31)27-17-8-4-6-15(12-17)23(30)26-18-9-5-7-16(25)13-18/h2-14H,1H3,(H,26,30)(H,27,31). The molecule has 0 saturated heterocycles. The normalized spacial score (nSPS) is 10.6. The first-order valence-electron chi connectivity index (χ1n) is 9.49. The summed E-state index contributed by atoms with van der Waals surface area (Å²) in [6.07, 6.45) is 0. The minimum absolute atomic E-state index is 0.244. The number of rotatable bonds is 4. The van der Waals surface area contributed by atoms with Gasteiger partial charge in [-0.2, -0.15) is 0 Å².